The molecule has 3 N–H and O–H groups in total. The number of carbonyl (C=O) groups is 1. The number of thioether (sulfide) groups is 1. The molecule has 0 saturated carbocycles. The van der Waals surface area contributed by atoms with Gasteiger partial charge in [-0.3, -0.25) is 0 Å². The Morgan fingerprint density at radius 3 is 2.73 bits per heavy atom. The third-order valence-corrected chi connectivity index (χ3v) is 2.02. The lowest BCUT2D eigenvalue weighted by Crippen LogP contribution is -2.29. The van der Waals surface area contributed by atoms with Gasteiger partial charge in [0.25, 0.3) is 0 Å². The van der Waals surface area contributed by atoms with Gasteiger partial charge in [0.1, 0.15) is 0 Å². The predicted molar refractivity (Wildman–Crippen MR) is 49.8 cm³/mol. The summed E-state index contributed by atoms with van der Waals surface area (Å²) in [5.41, 5.74) is 4.88. The molecule has 0 aromatic heterocycles. The zero-order valence-electron chi connectivity index (χ0n) is 6.93. The van der Waals surface area contributed by atoms with Crippen LogP contribution in [0.5, 0.6) is 0 Å². The second-order valence-electron chi connectivity index (χ2n) is 2.34. The van der Waals surface area contributed by atoms with Crippen molar-refractivity contribution in [1.82, 2.24) is 5.32 Å². The molecule has 0 aliphatic heterocycles. The molecular formula is C7H16N2OS. The van der Waals surface area contributed by atoms with Crippen LogP contribution < -0.4 is 11.1 Å². The molecule has 66 valence electrons. The minimum absolute atomic E-state index is 0.421. The minimum Gasteiger partial charge on any atom is -0.352 e. The van der Waals surface area contributed by atoms with E-state index in [1.165, 1.54) is 18.6 Å². The Morgan fingerprint density at radius 2 is 2.18 bits per heavy atom. The summed E-state index contributed by atoms with van der Waals surface area (Å²) in [6.07, 6.45) is 5.52. The van der Waals surface area contributed by atoms with Crippen LogP contribution in [0, 0.1) is 0 Å². The quantitative estimate of drug-likeness (QED) is 0.597. The van der Waals surface area contributed by atoms with Gasteiger partial charge >= 0.3 is 6.03 Å². The first-order chi connectivity index (χ1) is 5.27. The number of nitrogens with one attached hydrogen (secondary N) is 1. The monoisotopic (exact) mass is 176 g/mol. The van der Waals surface area contributed by atoms with Crippen molar-refractivity contribution >= 4 is 17.8 Å². The van der Waals surface area contributed by atoms with Crippen molar-refractivity contribution in [3.8, 4) is 0 Å². The van der Waals surface area contributed by atoms with Crippen LogP contribution in [0.1, 0.15) is 19.3 Å². The largest absolute Gasteiger partial charge is 0.352 e. The van der Waals surface area contributed by atoms with Crippen LogP contribution >= 0.6 is 11.8 Å². The van der Waals surface area contributed by atoms with Crippen molar-refractivity contribution in [1.29, 1.82) is 0 Å². The summed E-state index contributed by atoms with van der Waals surface area (Å²) >= 11 is 1.85. The van der Waals surface area contributed by atoms with Crippen LogP contribution in [0.15, 0.2) is 0 Å². The summed E-state index contributed by atoms with van der Waals surface area (Å²) in [5, 5.41) is 2.55. The molecule has 0 rings (SSSR count). The van der Waals surface area contributed by atoms with Gasteiger partial charge < -0.3 is 11.1 Å². The molecule has 4 heteroatoms. The van der Waals surface area contributed by atoms with Gasteiger partial charge in [-0.1, -0.05) is 6.42 Å². The summed E-state index contributed by atoms with van der Waals surface area (Å²) in [5.74, 6) is 1.20. The molecule has 0 fully saturated rings. The Morgan fingerprint density at radius 1 is 1.45 bits per heavy atom. The first kappa shape index (κ1) is 10.6. The molecule has 0 spiro atoms. The standard InChI is InChI=1S/C7H16N2OS/c1-11-6-4-2-3-5-9-7(8)10/h2-6H2,1H3,(H3,8,9,10). The number of hydrogen-bond donors (Lipinski definition) is 2. The van der Waals surface area contributed by atoms with Crippen molar-refractivity contribution < 1.29 is 4.79 Å². The highest BCUT2D eigenvalue weighted by atomic mass is 32.2. The van der Waals surface area contributed by atoms with Crippen LogP contribution in [0.4, 0.5) is 4.79 Å². The van der Waals surface area contributed by atoms with Gasteiger partial charge in [-0.25, -0.2) is 4.79 Å². The predicted octanol–water partition coefficient (Wildman–Crippen LogP) is 1.19. The third-order valence-electron chi connectivity index (χ3n) is 1.32. The minimum atomic E-state index is -0.421. The van der Waals surface area contributed by atoms with E-state index in [0.717, 1.165) is 6.42 Å². The van der Waals surface area contributed by atoms with Crippen molar-refractivity contribution in [3.05, 3.63) is 0 Å². The van der Waals surface area contributed by atoms with Crippen molar-refractivity contribution in [2.45, 2.75) is 19.3 Å². The second-order valence-corrected chi connectivity index (χ2v) is 3.33. The molecule has 0 bridgehead atoms. The van der Waals surface area contributed by atoms with Gasteiger partial charge in [0.15, 0.2) is 0 Å². The van der Waals surface area contributed by atoms with Gasteiger partial charge in [0, 0.05) is 6.54 Å². The fourth-order valence-corrected chi connectivity index (χ4v) is 1.25. The maximum Gasteiger partial charge on any atom is 0.312 e. The first-order valence-electron chi connectivity index (χ1n) is 3.79. The molecule has 0 atom stereocenters. The van der Waals surface area contributed by atoms with Crippen LogP contribution in [0.25, 0.3) is 0 Å². The SMILES string of the molecule is CSCCCCCNC(N)=O. The highest BCUT2D eigenvalue weighted by Gasteiger charge is 1.90. The van der Waals surface area contributed by atoms with E-state index in [-0.39, 0.29) is 0 Å². The van der Waals surface area contributed by atoms with Crippen molar-refractivity contribution in [2.24, 2.45) is 5.73 Å². The first-order valence-corrected chi connectivity index (χ1v) is 5.19. The molecule has 0 aliphatic carbocycles. The van der Waals surface area contributed by atoms with Gasteiger partial charge in [-0.2, -0.15) is 11.8 Å². The number of primary amides is 1. The molecule has 11 heavy (non-hydrogen) atoms. The lowest BCUT2D eigenvalue weighted by molar-refractivity contribution is 0.248. The molecule has 2 amide bonds. The van der Waals surface area contributed by atoms with E-state index in [4.69, 9.17) is 5.73 Å². The number of hydrogen-bond acceptors (Lipinski definition) is 2. The van der Waals surface area contributed by atoms with E-state index >= 15 is 0 Å². The molecule has 0 saturated heterocycles. The number of amides is 2. The van der Waals surface area contributed by atoms with Crippen LogP contribution in [0.2, 0.25) is 0 Å². The number of unbranched alkanes of at least 4 members (excludes halogenated alkanes) is 2. The topological polar surface area (TPSA) is 55.1 Å². The van der Waals surface area contributed by atoms with E-state index in [0.29, 0.717) is 6.54 Å². The van der Waals surface area contributed by atoms with Crippen molar-refractivity contribution in [3.63, 3.8) is 0 Å². The van der Waals surface area contributed by atoms with Crippen LogP contribution in [-0.2, 0) is 0 Å². The fraction of sp³-hybridized carbons (Fsp3) is 0.857. The average Bonchev–Trinajstić information content (AvgIpc) is 1.96. The molecule has 0 heterocycles. The Kier molecular flexibility index (Phi) is 7.46. The van der Waals surface area contributed by atoms with Crippen LogP contribution in [-0.4, -0.2) is 24.6 Å². The zero-order valence-corrected chi connectivity index (χ0v) is 7.75. The van der Waals surface area contributed by atoms with E-state index in [2.05, 4.69) is 11.6 Å². The molecule has 0 unspecified atom stereocenters. The third kappa shape index (κ3) is 9.62. The van der Waals surface area contributed by atoms with Gasteiger partial charge in [-0.05, 0) is 24.9 Å². The van der Waals surface area contributed by atoms with Gasteiger partial charge in [0.05, 0.1) is 0 Å². The Balaban J connectivity index is 2.85. The average molecular weight is 176 g/mol. The molecular weight excluding hydrogens is 160 g/mol. The number of nitrogens with two attached hydrogens (primary N) is 1. The highest BCUT2D eigenvalue weighted by molar-refractivity contribution is 7.98. The summed E-state index contributed by atoms with van der Waals surface area (Å²) in [6, 6.07) is -0.421. The summed E-state index contributed by atoms with van der Waals surface area (Å²) in [4.78, 5) is 10.2. The zero-order chi connectivity index (χ0) is 8.53. The number of urea groups is 1. The number of carbonyl (C=O) groups excluding carboxylic acids is 1. The molecule has 0 aliphatic rings. The summed E-state index contributed by atoms with van der Waals surface area (Å²) < 4.78 is 0. The second kappa shape index (κ2) is 7.72. The van der Waals surface area contributed by atoms with E-state index in [1.807, 2.05) is 11.8 Å². The lowest BCUT2D eigenvalue weighted by Gasteiger charge is -2.00. The summed E-state index contributed by atoms with van der Waals surface area (Å²) in [7, 11) is 0. The number of rotatable bonds is 6. The van der Waals surface area contributed by atoms with Crippen molar-refractivity contribution in [2.75, 3.05) is 18.6 Å². The molecule has 0 radical (unpaired) electrons. The van der Waals surface area contributed by atoms with Gasteiger partial charge in [-0.15, -0.1) is 0 Å². The van der Waals surface area contributed by atoms with E-state index in [9.17, 15) is 4.79 Å². The smallest absolute Gasteiger partial charge is 0.312 e. The molecule has 3 nitrogen and oxygen atoms in total. The Bertz CT molecular complexity index is 109. The maximum absolute atomic E-state index is 10.2. The van der Waals surface area contributed by atoms with Crippen LogP contribution in [0.3, 0.4) is 0 Å². The normalized spacial score (nSPS) is 9.55. The summed E-state index contributed by atoms with van der Waals surface area (Å²) in [6.45, 7) is 0.712. The Hall–Kier alpha value is -0.380. The maximum atomic E-state index is 10.2. The van der Waals surface area contributed by atoms with E-state index in [1.54, 1.807) is 0 Å². The fourth-order valence-electron chi connectivity index (χ4n) is 0.760. The molecule has 0 aromatic rings. The van der Waals surface area contributed by atoms with E-state index < -0.39 is 6.03 Å². The lowest BCUT2D eigenvalue weighted by atomic mass is 10.2. The highest BCUT2D eigenvalue weighted by Crippen LogP contribution is 2.00. The molecule has 0 aromatic carbocycles. The Labute approximate surface area is 72.1 Å². The van der Waals surface area contributed by atoms with Gasteiger partial charge in [0.2, 0.25) is 0 Å².